The largest absolute Gasteiger partial charge is 0.483 e. The maximum absolute atomic E-state index is 11.7. The summed E-state index contributed by atoms with van der Waals surface area (Å²) in [6, 6.07) is 3.50. The zero-order valence-electron chi connectivity index (χ0n) is 11.0. The molecule has 1 aliphatic rings. The number of nitrogens with one attached hydrogen (secondary N) is 2. The minimum absolute atomic E-state index is 0.202. The van der Waals surface area contributed by atoms with Crippen LogP contribution in [-0.2, 0) is 14.4 Å². The molecule has 1 heterocycles. The molecule has 0 spiro atoms. The van der Waals surface area contributed by atoms with E-state index in [4.69, 9.17) is 22.1 Å². The van der Waals surface area contributed by atoms with E-state index in [1.165, 1.54) is 24.3 Å². The number of primary amides is 1. The number of halogens is 1. The third-order valence-corrected chi connectivity index (χ3v) is 2.82. The minimum atomic E-state index is -0.900. The highest BCUT2D eigenvalue weighted by Gasteiger charge is 2.28. The van der Waals surface area contributed by atoms with E-state index in [2.05, 4.69) is 0 Å². The highest BCUT2D eigenvalue weighted by Crippen LogP contribution is 2.25. The van der Waals surface area contributed by atoms with Crippen LogP contribution < -0.4 is 21.1 Å². The van der Waals surface area contributed by atoms with Crippen LogP contribution in [0.3, 0.4) is 0 Å². The first-order chi connectivity index (χ1) is 10.4. The molecule has 0 atom stereocenters. The standard InChI is InChI=1S/C13H10ClN3O5/c14-7-1-2-9(22-5-10(15)18)6(3-7)4-8-11(19)16-13(21)17-12(8)20/h1-4H,5H2,(H2,15,18)(H2,16,17,19,20,21). The second-order valence-corrected chi connectivity index (χ2v) is 4.67. The van der Waals surface area contributed by atoms with Gasteiger partial charge in [-0.25, -0.2) is 4.79 Å². The lowest BCUT2D eigenvalue weighted by Gasteiger charge is -2.15. The molecule has 0 unspecified atom stereocenters. The summed E-state index contributed by atoms with van der Waals surface area (Å²) in [6.45, 7) is -0.380. The Morgan fingerprint density at radius 3 is 2.45 bits per heavy atom. The molecular weight excluding hydrogens is 314 g/mol. The summed E-state index contributed by atoms with van der Waals surface area (Å²) in [4.78, 5) is 45.1. The summed E-state index contributed by atoms with van der Waals surface area (Å²) < 4.78 is 5.18. The molecule has 22 heavy (non-hydrogen) atoms. The number of hydrogen-bond donors (Lipinski definition) is 3. The zero-order valence-corrected chi connectivity index (χ0v) is 11.8. The van der Waals surface area contributed by atoms with Crippen molar-refractivity contribution >= 4 is 41.4 Å². The van der Waals surface area contributed by atoms with Crippen LogP contribution in [0, 0.1) is 0 Å². The molecule has 2 rings (SSSR count). The molecule has 1 fully saturated rings. The Hall–Kier alpha value is -2.87. The minimum Gasteiger partial charge on any atom is -0.483 e. The number of rotatable bonds is 4. The van der Waals surface area contributed by atoms with Crippen molar-refractivity contribution in [2.24, 2.45) is 5.73 Å². The van der Waals surface area contributed by atoms with Gasteiger partial charge in [0.05, 0.1) is 0 Å². The van der Waals surface area contributed by atoms with Crippen LogP contribution in [0.2, 0.25) is 5.02 Å². The SMILES string of the molecule is NC(=O)COc1ccc(Cl)cc1C=C1C(=O)NC(=O)NC1=O. The fourth-order valence-corrected chi connectivity index (χ4v) is 1.85. The van der Waals surface area contributed by atoms with Crippen LogP contribution in [0.15, 0.2) is 23.8 Å². The second-order valence-electron chi connectivity index (χ2n) is 4.23. The Balaban J connectivity index is 2.38. The molecule has 0 saturated carbocycles. The molecule has 4 N–H and O–H groups in total. The molecular formula is C13H10ClN3O5. The molecule has 5 amide bonds. The summed E-state index contributed by atoms with van der Waals surface area (Å²) in [5.41, 5.74) is 4.97. The van der Waals surface area contributed by atoms with Crippen LogP contribution in [0.25, 0.3) is 6.08 Å². The quantitative estimate of drug-likeness (QED) is 0.529. The Bertz CT molecular complexity index is 692. The van der Waals surface area contributed by atoms with Gasteiger partial charge in [0, 0.05) is 10.6 Å². The normalized spacial score (nSPS) is 14.2. The molecule has 9 heteroatoms. The maximum atomic E-state index is 11.7. The van der Waals surface area contributed by atoms with Crippen LogP contribution in [0.4, 0.5) is 4.79 Å². The van der Waals surface area contributed by atoms with E-state index in [1.807, 2.05) is 10.6 Å². The van der Waals surface area contributed by atoms with Gasteiger partial charge in [0.15, 0.2) is 6.61 Å². The number of nitrogens with two attached hydrogens (primary N) is 1. The average molecular weight is 324 g/mol. The fourth-order valence-electron chi connectivity index (χ4n) is 1.67. The Kier molecular flexibility index (Phi) is 4.42. The maximum Gasteiger partial charge on any atom is 0.328 e. The molecule has 1 aromatic carbocycles. The van der Waals surface area contributed by atoms with E-state index in [1.54, 1.807) is 0 Å². The number of barbiturate groups is 1. The van der Waals surface area contributed by atoms with Gasteiger partial charge < -0.3 is 10.5 Å². The van der Waals surface area contributed by atoms with Gasteiger partial charge in [-0.1, -0.05) is 11.6 Å². The lowest BCUT2D eigenvalue weighted by molar-refractivity contribution is -0.124. The van der Waals surface area contributed by atoms with Crippen LogP contribution in [0.1, 0.15) is 5.56 Å². The van der Waals surface area contributed by atoms with Crippen molar-refractivity contribution < 1.29 is 23.9 Å². The van der Waals surface area contributed by atoms with E-state index in [9.17, 15) is 19.2 Å². The van der Waals surface area contributed by atoms with Crippen molar-refractivity contribution in [3.05, 3.63) is 34.4 Å². The highest BCUT2D eigenvalue weighted by atomic mass is 35.5. The van der Waals surface area contributed by atoms with E-state index in [-0.39, 0.29) is 23.5 Å². The lowest BCUT2D eigenvalue weighted by atomic mass is 10.1. The number of hydrogen-bond acceptors (Lipinski definition) is 5. The van der Waals surface area contributed by atoms with Gasteiger partial charge in [-0.15, -0.1) is 0 Å². The number of amides is 5. The third kappa shape index (κ3) is 3.61. The summed E-state index contributed by atoms with van der Waals surface area (Å²) in [5.74, 6) is -2.19. The fraction of sp³-hybridized carbons (Fsp3) is 0.0769. The molecule has 0 aromatic heterocycles. The van der Waals surface area contributed by atoms with Gasteiger partial charge in [-0.05, 0) is 24.3 Å². The van der Waals surface area contributed by atoms with Crippen molar-refractivity contribution in [3.63, 3.8) is 0 Å². The Labute approximate surface area is 129 Å². The first kappa shape index (κ1) is 15.5. The van der Waals surface area contributed by atoms with Crippen LogP contribution in [-0.4, -0.2) is 30.4 Å². The third-order valence-electron chi connectivity index (χ3n) is 2.58. The summed E-state index contributed by atoms with van der Waals surface area (Å²) in [7, 11) is 0. The van der Waals surface area contributed by atoms with Gasteiger partial charge in [0.2, 0.25) is 0 Å². The first-order valence-corrected chi connectivity index (χ1v) is 6.33. The van der Waals surface area contributed by atoms with Crippen molar-refractivity contribution in [1.29, 1.82) is 0 Å². The second kappa shape index (κ2) is 6.27. The highest BCUT2D eigenvalue weighted by molar-refractivity contribution is 6.32. The number of ether oxygens (including phenoxy) is 1. The first-order valence-electron chi connectivity index (χ1n) is 5.96. The topological polar surface area (TPSA) is 128 Å². The number of urea groups is 1. The molecule has 0 aliphatic carbocycles. The molecule has 1 saturated heterocycles. The summed E-state index contributed by atoms with van der Waals surface area (Å²) in [6.07, 6.45) is 1.19. The predicted octanol–water partition coefficient (Wildman–Crippen LogP) is -0.0465. The van der Waals surface area contributed by atoms with E-state index < -0.39 is 23.8 Å². The summed E-state index contributed by atoms with van der Waals surface area (Å²) in [5, 5.41) is 4.20. The van der Waals surface area contributed by atoms with E-state index in [0.717, 1.165) is 0 Å². The smallest absolute Gasteiger partial charge is 0.328 e. The van der Waals surface area contributed by atoms with E-state index in [0.29, 0.717) is 5.02 Å². The number of carbonyl (C=O) groups is 4. The predicted molar refractivity (Wildman–Crippen MR) is 75.8 cm³/mol. The van der Waals surface area contributed by atoms with Gasteiger partial charge in [-0.2, -0.15) is 0 Å². The van der Waals surface area contributed by atoms with Crippen molar-refractivity contribution in [1.82, 2.24) is 10.6 Å². The molecule has 1 aliphatic heterocycles. The molecule has 1 aromatic rings. The summed E-state index contributed by atoms with van der Waals surface area (Å²) >= 11 is 5.86. The van der Waals surface area contributed by atoms with Crippen LogP contribution in [0.5, 0.6) is 5.75 Å². The monoisotopic (exact) mass is 323 g/mol. The molecule has 114 valence electrons. The number of imide groups is 2. The van der Waals surface area contributed by atoms with Gasteiger partial charge in [0.25, 0.3) is 17.7 Å². The zero-order chi connectivity index (χ0) is 16.3. The number of carbonyl (C=O) groups excluding carboxylic acids is 4. The molecule has 0 radical (unpaired) electrons. The van der Waals surface area contributed by atoms with Gasteiger partial charge >= 0.3 is 6.03 Å². The van der Waals surface area contributed by atoms with Crippen molar-refractivity contribution in [2.45, 2.75) is 0 Å². The average Bonchev–Trinajstić information content (AvgIpc) is 2.41. The van der Waals surface area contributed by atoms with Crippen molar-refractivity contribution in [3.8, 4) is 5.75 Å². The molecule has 8 nitrogen and oxygen atoms in total. The van der Waals surface area contributed by atoms with Crippen molar-refractivity contribution in [2.75, 3.05) is 6.61 Å². The van der Waals surface area contributed by atoms with Gasteiger partial charge in [0.1, 0.15) is 11.3 Å². The Morgan fingerprint density at radius 2 is 1.86 bits per heavy atom. The van der Waals surface area contributed by atoms with Gasteiger partial charge in [-0.3, -0.25) is 25.0 Å². The van der Waals surface area contributed by atoms with E-state index >= 15 is 0 Å². The lowest BCUT2D eigenvalue weighted by Crippen LogP contribution is -2.51. The number of benzene rings is 1. The van der Waals surface area contributed by atoms with Crippen LogP contribution >= 0.6 is 11.6 Å². The Morgan fingerprint density at radius 1 is 1.23 bits per heavy atom. The molecule has 0 bridgehead atoms.